The fourth-order valence-corrected chi connectivity index (χ4v) is 5.13. The quantitative estimate of drug-likeness (QED) is 0.742. The number of aromatic nitrogens is 2. The van der Waals surface area contributed by atoms with Crippen molar-refractivity contribution in [3.05, 3.63) is 71.7 Å². The maximum atomic E-state index is 12.7. The molecule has 1 saturated heterocycles. The first-order valence-corrected chi connectivity index (χ1v) is 10.5. The highest BCUT2D eigenvalue weighted by Gasteiger charge is 2.44. The Balaban J connectivity index is 1.25. The zero-order valence-electron chi connectivity index (χ0n) is 16.7. The highest BCUT2D eigenvalue weighted by atomic mass is 16.1. The molecule has 5 nitrogen and oxygen atoms in total. The van der Waals surface area contributed by atoms with Gasteiger partial charge in [-0.25, -0.2) is 0 Å². The van der Waals surface area contributed by atoms with E-state index >= 15 is 0 Å². The average molecular weight is 386 g/mol. The van der Waals surface area contributed by atoms with Crippen molar-refractivity contribution in [2.45, 2.75) is 44.8 Å². The molecule has 1 aromatic carbocycles. The van der Waals surface area contributed by atoms with Crippen LogP contribution in [0.1, 0.15) is 40.7 Å². The van der Waals surface area contributed by atoms with E-state index in [9.17, 15) is 4.79 Å². The normalized spacial score (nSPS) is 24.0. The molecule has 0 bridgehead atoms. The SMILES string of the molecule is Cc1cncc(C(=O)N[C@H]2CC[C@@H]3[C@H]2CCN3Cc2ccc3cccnc3c2)c1. The molecule has 148 valence electrons. The third-order valence-electron chi connectivity index (χ3n) is 6.51. The van der Waals surface area contributed by atoms with Crippen LogP contribution >= 0.6 is 0 Å². The second-order valence-corrected chi connectivity index (χ2v) is 8.43. The number of nitrogens with one attached hydrogen (secondary N) is 1. The third-order valence-corrected chi connectivity index (χ3v) is 6.51. The highest BCUT2D eigenvalue weighted by molar-refractivity contribution is 5.94. The molecule has 29 heavy (non-hydrogen) atoms. The largest absolute Gasteiger partial charge is 0.349 e. The zero-order valence-corrected chi connectivity index (χ0v) is 16.7. The molecule has 1 amide bonds. The van der Waals surface area contributed by atoms with Crippen LogP contribution in [0.5, 0.6) is 0 Å². The van der Waals surface area contributed by atoms with Gasteiger partial charge in [0.05, 0.1) is 11.1 Å². The number of pyridine rings is 2. The summed E-state index contributed by atoms with van der Waals surface area (Å²) in [4.78, 5) is 23.9. The molecule has 2 fully saturated rings. The lowest BCUT2D eigenvalue weighted by Crippen LogP contribution is -2.39. The second-order valence-electron chi connectivity index (χ2n) is 8.43. The van der Waals surface area contributed by atoms with E-state index in [-0.39, 0.29) is 11.9 Å². The van der Waals surface area contributed by atoms with Crippen LogP contribution in [0.25, 0.3) is 10.9 Å². The summed E-state index contributed by atoms with van der Waals surface area (Å²) in [5, 5.41) is 4.47. The third kappa shape index (κ3) is 3.62. The average Bonchev–Trinajstić information content (AvgIpc) is 3.31. The number of benzene rings is 1. The summed E-state index contributed by atoms with van der Waals surface area (Å²) in [6.45, 7) is 4.01. The monoisotopic (exact) mass is 386 g/mol. The van der Waals surface area contributed by atoms with Crippen molar-refractivity contribution in [3.63, 3.8) is 0 Å². The van der Waals surface area contributed by atoms with Crippen molar-refractivity contribution in [2.75, 3.05) is 6.54 Å². The van der Waals surface area contributed by atoms with Gasteiger partial charge in [-0.1, -0.05) is 18.2 Å². The molecule has 1 N–H and O–H groups in total. The van der Waals surface area contributed by atoms with Crippen LogP contribution < -0.4 is 5.32 Å². The predicted molar refractivity (Wildman–Crippen MR) is 114 cm³/mol. The Morgan fingerprint density at radius 2 is 2.10 bits per heavy atom. The molecule has 2 aliphatic rings. The number of fused-ring (bicyclic) bond motifs is 2. The van der Waals surface area contributed by atoms with Gasteiger partial charge in [0.1, 0.15) is 0 Å². The fraction of sp³-hybridized carbons (Fsp3) is 0.375. The van der Waals surface area contributed by atoms with E-state index in [4.69, 9.17) is 0 Å². The van der Waals surface area contributed by atoms with Gasteiger partial charge < -0.3 is 5.32 Å². The first kappa shape index (κ1) is 18.3. The summed E-state index contributed by atoms with van der Waals surface area (Å²) >= 11 is 0. The number of nitrogens with zero attached hydrogens (tertiary/aromatic N) is 3. The molecule has 5 rings (SSSR count). The van der Waals surface area contributed by atoms with E-state index in [1.54, 1.807) is 12.4 Å². The molecule has 3 heterocycles. The summed E-state index contributed by atoms with van der Waals surface area (Å²) < 4.78 is 0. The Morgan fingerprint density at radius 3 is 3.00 bits per heavy atom. The van der Waals surface area contributed by atoms with Crippen LogP contribution in [-0.4, -0.2) is 39.4 Å². The number of hydrogen-bond donors (Lipinski definition) is 1. The Hall–Kier alpha value is -2.79. The molecule has 1 aliphatic carbocycles. The number of rotatable bonds is 4. The predicted octanol–water partition coefficient (Wildman–Crippen LogP) is 3.72. The minimum absolute atomic E-state index is 0.00547. The van der Waals surface area contributed by atoms with E-state index in [0.29, 0.717) is 17.5 Å². The van der Waals surface area contributed by atoms with Crippen LogP contribution in [0.3, 0.4) is 0 Å². The molecular formula is C24H26N4O. The summed E-state index contributed by atoms with van der Waals surface area (Å²) in [6.07, 6.45) is 8.63. The second kappa shape index (κ2) is 7.56. The van der Waals surface area contributed by atoms with Crippen LogP contribution in [-0.2, 0) is 6.54 Å². The maximum absolute atomic E-state index is 12.7. The van der Waals surface area contributed by atoms with Crippen molar-refractivity contribution in [1.82, 2.24) is 20.2 Å². The van der Waals surface area contributed by atoms with Gasteiger partial charge in [0.2, 0.25) is 0 Å². The van der Waals surface area contributed by atoms with E-state index in [0.717, 1.165) is 43.4 Å². The summed E-state index contributed by atoms with van der Waals surface area (Å²) in [5.41, 5.74) is 4.05. The molecule has 1 aliphatic heterocycles. The summed E-state index contributed by atoms with van der Waals surface area (Å²) in [5.74, 6) is 0.543. The molecule has 3 aromatic rings. The fourth-order valence-electron chi connectivity index (χ4n) is 5.13. The Labute approximate surface area is 171 Å². The summed E-state index contributed by atoms with van der Waals surface area (Å²) in [7, 11) is 0. The van der Waals surface area contributed by atoms with Crippen LogP contribution in [0.4, 0.5) is 0 Å². The molecule has 3 atom stereocenters. The van der Waals surface area contributed by atoms with Crippen molar-refractivity contribution in [2.24, 2.45) is 5.92 Å². The Bertz CT molecular complexity index is 1050. The van der Waals surface area contributed by atoms with Gasteiger partial charge in [-0.05, 0) is 68.0 Å². The molecule has 1 saturated carbocycles. The standard InChI is InChI=1S/C24H26N4O/c1-16-11-19(14-25-13-16)24(29)27-21-6-7-23-20(21)8-10-28(23)15-17-4-5-18-3-2-9-26-22(18)12-17/h2-5,9,11-14,20-21,23H,6-8,10,15H2,1H3,(H,27,29)/t20-,21-,23+/m0/s1. The van der Waals surface area contributed by atoms with Crippen LogP contribution in [0.15, 0.2) is 55.0 Å². The molecule has 0 unspecified atom stereocenters. The lowest BCUT2D eigenvalue weighted by atomic mass is 9.99. The first-order chi connectivity index (χ1) is 14.2. The zero-order chi connectivity index (χ0) is 19.8. The molecular weight excluding hydrogens is 360 g/mol. The number of aryl methyl sites for hydroxylation is 1. The van der Waals surface area contributed by atoms with Crippen molar-refractivity contribution >= 4 is 16.8 Å². The highest BCUT2D eigenvalue weighted by Crippen LogP contribution is 2.39. The minimum Gasteiger partial charge on any atom is -0.349 e. The smallest absolute Gasteiger partial charge is 0.253 e. The number of carbonyl (C=O) groups excluding carboxylic acids is 1. The maximum Gasteiger partial charge on any atom is 0.253 e. The molecule has 2 aromatic heterocycles. The van der Waals surface area contributed by atoms with Crippen molar-refractivity contribution in [1.29, 1.82) is 0 Å². The van der Waals surface area contributed by atoms with Gasteiger partial charge in [0.25, 0.3) is 5.91 Å². The minimum atomic E-state index is 0.00547. The van der Waals surface area contributed by atoms with Gasteiger partial charge in [-0.3, -0.25) is 19.7 Å². The lowest BCUT2D eigenvalue weighted by Gasteiger charge is -2.24. The molecule has 0 spiro atoms. The topological polar surface area (TPSA) is 58.1 Å². The number of carbonyl (C=O) groups is 1. The number of likely N-dealkylation sites (tertiary alicyclic amines) is 1. The van der Waals surface area contributed by atoms with Gasteiger partial charge in [-0.2, -0.15) is 0 Å². The van der Waals surface area contributed by atoms with E-state index in [1.165, 1.54) is 10.9 Å². The van der Waals surface area contributed by atoms with Gasteiger partial charge >= 0.3 is 0 Å². The molecule has 5 heteroatoms. The van der Waals surface area contributed by atoms with E-state index in [1.807, 2.05) is 25.3 Å². The Morgan fingerprint density at radius 1 is 1.17 bits per heavy atom. The number of amides is 1. The van der Waals surface area contributed by atoms with Crippen molar-refractivity contribution < 1.29 is 4.79 Å². The number of hydrogen-bond acceptors (Lipinski definition) is 4. The first-order valence-electron chi connectivity index (χ1n) is 10.5. The summed E-state index contributed by atoms with van der Waals surface area (Å²) in [6, 6.07) is 13.4. The van der Waals surface area contributed by atoms with Gasteiger partial charge in [0, 0.05) is 42.6 Å². The lowest BCUT2D eigenvalue weighted by molar-refractivity contribution is 0.0926. The van der Waals surface area contributed by atoms with Crippen LogP contribution in [0.2, 0.25) is 0 Å². The van der Waals surface area contributed by atoms with Crippen LogP contribution in [0, 0.1) is 12.8 Å². The van der Waals surface area contributed by atoms with E-state index < -0.39 is 0 Å². The van der Waals surface area contributed by atoms with Gasteiger partial charge in [-0.15, -0.1) is 0 Å². The van der Waals surface area contributed by atoms with Gasteiger partial charge in [0.15, 0.2) is 0 Å². The Kier molecular flexibility index (Phi) is 4.76. The van der Waals surface area contributed by atoms with Crippen molar-refractivity contribution in [3.8, 4) is 0 Å². The molecule has 0 radical (unpaired) electrons. The van der Waals surface area contributed by atoms with E-state index in [2.05, 4.69) is 44.5 Å².